The molecule has 0 radical (unpaired) electrons. The van der Waals surface area contributed by atoms with E-state index in [2.05, 4.69) is 15.9 Å². The van der Waals surface area contributed by atoms with Crippen molar-refractivity contribution >= 4 is 31.9 Å². The number of aliphatic carboxylic acids is 1. The minimum atomic E-state index is -4.00. The fourth-order valence-electron chi connectivity index (χ4n) is 2.19. The molecule has 20 heavy (non-hydrogen) atoms. The molecule has 5 nitrogen and oxygen atoms in total. The molecule has 0 saturated carbocycles. The molecule has 0 amide bonds. The Bertz CT molecular complexity index is 634. The van der Waals surface area contributed by atoms with Crippen LogP contribution in [0, 0.1) is 11.7 Å². The van der Waals surface area contributed by atoms with E-state index in [4.69, 9.17) is 5.11 Å². The number of hydrogen-bond acceptors (Lipinski definition) is 3. The number of benzene rings is 1. The summed E-state index contributed by atoms with van der Waals surface area (Å²) in [7, 11) is -4.00. The average molecular weight is 366 g/mol. The van der Waals surface area contributed by atoms with Gasteiger partial charge in [-0.25, -0.2) is 12.8 Å². The number of halogens is 2. The Morgan fingerprint density at radius 3 is 2.75 bits per heavy atom. The van der Waals surface area contributed by atoms with Crippen molar-refractivity contribution in [1.29, 1.82) is 0 Å². The van der Waals surface area contributed by atoms with Gasteiger partial charge in [-0.15, -0.1) is 0 Å². The third kappa shape index (κ3) is 3.02. The molecular weight excluding hydrogens is 353 g/mol. The predicted octanol–water partition coefficient (Wildman–Crippen LogP) is 2.07. The van der Waals surface area contributed by atoms with Gasteiger partial charge in [0.15, 0.2) is 0 Å². The molecule has 1 aromatic carbocycles. The fraction of sp³-hybridized carbons (Fsp3) is 0.417. The molecule has 1 unspecified atom stereocenters. The third-order valence-electron chi connectivity index (χ3n) is 3.25. The van der Waals surface area contributed by atoms with Crippen LogP contribution in [0.2, 0.25) is 0 Å². The summed E-state index contributed by atoms with van der Waals surface area (Å²) in [6, 6.07) is 3.69. The molecule has 1 aliphatic heterocycles. The smallest absolute Gasteiger partial charge is 0.307 e. The minimum absolute atomic E-state index is 0.118. The van der Waals surface area contributed by atoms with Crippen LogP contribution < -0.4 is 0 Å². The van der Waals surface area contributed by atoms with E-state index >= 15 is 0 Å². The maximum absolute atomic E-state index is 13.8. The Kier molecular flexibility index (Phi) is 4.46. The third-order valence-corrected chi connectivity index (χ3v) is 5.64. The molecule has 0 bridgehead atoms. The SMILES string of the molecule is O=C(O)C1CCCN(S(=O)(=O)c2ccc(Br)cc2F)C1. The molecule has 110 valence electrons. The number of carbonyl (C=O) groups is 1. The number of rotatable bonds is 3. The highest BCUT2D eigenvalue weighted by Gasteiger charge is 2.34. The van der Waals surface area contributed by atoms with Gasteiger partial charge >= 0.3 is 5.97 Å². The van der Waals surface area contributed by atoms with Gasteiger partial charge in [-0.2, -0.15) is 4.31 Å². The molecule has 1 N–H and O–H groups in total. The highest BCUT2D eigenvalue weighted by Crippen LogP contribution is 2.26. The highest BCUT2D eigenvalue weighted by atomic mass is 79.9. The van der Waals surface area contributed by atoms with Gasteiger partial charge in [-0.05, 0) is 31.0 Å². The van der Waals surface area contributed by atoms with Crippen molar-refractivity contribution < 1.29 is 22.7 Å². The molecule has 1 saturated heterocycles. The van der Waals surface area contributed by atoms with Gasteiger partial charge in [-0.3, -0.25) is 4.79 Å². The predicted molar refractivity (Wildman–Crippen MR) is 73.2 cm³/mol. The van der Waals surface area contributed by atoms with E-state index in [1.54, 1.807) is 0 Å². The Labute approximate surface area is 124 Å². The summed E-state index contributed by atoms with van der Waals surface area (Å²) in [5, 5.41) is 8.98. The van der Waals surface area contributed by atoms with Crippen LogP contribution >= 0.6 is 15.9 Å². The number of hydrogen-bond donors (Lipinski definition) is 1. The van der Waals surface area contributed by atoms with Gasteiger partial charge < -0.3 is 5.11 Å². The molecular formula is C12H13BrFNO4S. The zero-order valence-electron chi connectivity index (χ0n) is 10.4. The van der Waals surface area contributed by atoms with Gasteiger partial charge in [-0.1, -0.05) is 15.9 Å². The van der Waals surface area contributed by atoms with Crippen LogP contribution in [-0.4, -0.2) is 36.9 Å². The van der Waals surface area contributed by atoms with Crippen molar-refractivity contribution in [2.24, 2.45) is 5.92 Å². The lowest BCUT2D eigenvalue weighted by atomic mass is 10.0. The summed E-state index contributed by atoms with van der Waals surface area (Å²) < 4.78 is 40.0. The molecule has 1 aromatic rings. The fourth-order valence-corrected chi connectivity index (χ4v) is 4.09. The maximum Gasteiger partial charge on any atom is 0.307 e. The first-order chi connectivity index (χ1) is 9.32. The second kappa shape index (κ2) is 5.79. The molecule has 0 aromatic heterocycles. The number of carboxylic acids is 1. The second-order valence-electron chi connectivity index (χ2n) is 4.62. The van der Waals surface area contributed by atoms with Crippen LogP contribution in [0.1, 0.15) is 12.8 Å². The van der Waals surface area contributed by atoms with Crippen LogP contribution in [0.3, 0.4) is 0 Å². The van der Waals surface area contributed by atoms with E-state index in [9.17, 15) is 17.6 Å². The Hall–Kier alpha value is -0.990. The van der Waals surface area contributed by atoms with Crippen LogP contribution in [0.4, 0.5) is 4.39 Å². The topological polar surface area (TPSA) is 74.7 Å². The van der Waals surface area contributed by atoms with Gasteiger partial charge in [0.2, 0.25) is 10.0 Å². The molecule has 1 aliphatic rings. The van der Waals surface area contributed by atoms with Crippen molar-refractivity contribution in [2.75, 3.05) is 13.1 Å². The lowest BCUT2D eigenvalue weighted by Gasteiger charge is -2.29. The number of carboxylic acid groups (broad SMARTS) is 1. The molecule has 1 atom stereocenters. The molecule has 8 heteroatoms. The lowest BCUT2D eigenvalue weighted by Crippen LogP contribution is -2.42. The minimum Gasteiger partial charge on any atom is -0.481 e. The summed E-state index contributed by atoms with van der Waals surface area (Å²) in [6.45, 7) is 0.0921. The van der Waals surface area contributed by atoms with Gasteiger partial charge in [0.25, 0.3) is 0 Å². The normalized spacial score (nSPS) is 20.8. The molecule has 2 rings (SSSR count). The monoisotopic (exact) mass is 365 g/mol. The summed E-state index contributed by atoms with van der Waals surface area (Å²) in [6.07, 6.45) is 0.887. The number of sulfonamides is 1. The van der Waals surface area contributed by atoms with Crippen LogP contribution in [0.5, 0.6) is 0 Å². The summed E-state index contributed by atoms with van der Waals surface area (Å²) in [4.78, 5) is 10.5. The van der Waals surface area contributed by atoms with Crippen molar-refractivity contribution in [3.8, 4) is 0 Å². The first-order valence-corrected chi connectivity index (χ1v) is 8.23. The molecule has 1 fully saturated rings. The largest absolute Gasteiger partial charge is 0.481 e. The summed E-state index contributed by atoms with van der Waals surface area (Å²) >= 11 is 3.06. The van der Waals surface area contributed by atoms with E-state index in [0.29, 0.717) is 17.3 Å². The first-order valence-electron chi connectivity index (χ1n) is 6.00. The average Bonchev–Trinajstić information content (AvgIpc) is 2.38. The van der Waals surface area contributed by atoms with Crippen LogP contribution in [0.25, 0.3) is 0 Å². The summed E-state index contributed by atoms with van der Waals surface area (Å²) in [5.74, 6) is -2.62. The van der Waals surface area contributed by atoms with Crippen LogP contribution in [0.15, 0.2) is 27.6 Å². The zero-order valence-corrected chi connectivity index (χ0v) is 12.8. The summed E-state index contributed by atoms with van der Waals surface area (Å²) in [5.41, 5.74) is 0. The maximum atomic E-state index is 13.8. The Morgan fingerprint density at radius 2 is 2.15 bits per heavy atom. The van der Waals surface area contributed by atoms with Crippen molar-refractivity contribution in [1.82, 2.24) is 4.31 Å². The van der Waals surface area contributed by atoms with Gasteiger partial charge in [0.05, 0.1) is 5.92 Å². The first kappa shape index (κ1) is 15.4. The van der Waals surface area contributed by atoms with E-state index in [1.807, 2.05) is 0 Å². The molecule has 0 spiro atoms. The standard InChI is InChI=1S/C12H13BrFNO4S/c13-9-3-4-11(10(14)6-9)20(18,19)15-5-1-2-8(7-15)12(16)17/h3-4,6,8H,1-2,5,7H2,(H,16,17). The van der Waals surface area contributed by atoms with Crippen molar-refractivity contribution in [3.63, 3.8) is 0 Å². The van der Waals surface area contributed by atoms with E-state index in [0.717, 1.165) is 10.4 Å². The van der Waals surface area contributed by atoms with Gasteiger partial charge in [0, 0.05) is 17.6 Å². The van der Waals surface area contributed by atoms with Crippen molar-refractivity contribution in [2.45, 2.75) is 17.7 Å². The number of piperidine rings is 1. The molecule has 0 aliphatic carbocycles. The van der Waals surface area contributed by atoms with E-state index in [-0.39, 0.29) is 13.1 Å². The zero-order chi connectivity index (χ0) is 14.9. The van der Waals surface area contributed by atoms with Gasteiger partial charge in [0.1, 0.15) is 10.7 Å². The van der Waals surface area contributed by atoms with E-state index < -0.39 is 32.6 Å². The van der Waals surface area contributed by atoms with E-state index in [1.165, 1.54) is 12.1 Å². The quantitative estimate of drug-likeness (QED) is 0.889. The second-order valence-corrected chi connectivity index (χ2v) is 7.44. The van der Waals surface area contributed by atoms with Crippen molar-refractivity contribution in [3.05, 3.63) is 28.5 Å². The Morgan fingerprint density at radius 1 is 1.45 bits per heavy atom. The Balaban J connectivity index is 2.32. The molecule has 1 heterocycles. The number of nitrogens with zero attached hydrogens (tertiary/aromatic N) is 1. The van der Waals surface area contributed by atoms with Crippen LogP contribution in [-0.2, 0) is 14.8 Å². The highest BCUT2D eigenvalue weighted by molar-refractivity contribution is 9.10. The lowest BCUT2D eigenvalue weighted by molar-refractivity contribution is -0.142.